The minimum atomic E-state index is -0.515. The third kappa shape index (κ3) is 3.44. The van der Waals surface area contributed by atoms with Crippen LogP contribution in [-0.4, -0.2) is 17.0 Å². The van der Waals surface area contributed by atoms with Gasteiger partial charge < -0.3 is 10.1 Å². The zero-order chi connectivity index (χ0) is 15.4. The lowest BCUT2D eigenvalue weighted by Crippen LogP contribution is -2.08. The number of ether oxygens (including phenoxy) is 1. The molecule has 2 aromatic rings. The van der Waals surface area contributed by atoms with E-state index >= 15 is 0 Å². The van der Waals surface area contributed by atoms with Crippen molar-refractivity contribution in [2.24, 2.45) is 0 Å². The summed E-state index contributed by atoms with van der Waals surface area (Å²) in [6.07, 6.45) is 1.17. The number of anilines is 1. The lowest BCUT2D eigenvalue weighted by Gasteiger charge is -2.15. The number of nitro groups is 1. The Bertz CT molecular complexity index is 646. The van der Waals surface area contributed by atoms with E-state index in [0.717, 1.165) is 0 Å². The quantitative estimate of drug-likeness (QED) is 0.675. The number of pyridine rings is 1. The highest BCUT2D eigenvalue weighted by Gasteiger charge is 2.11. The van der Waals surface area contributed by atoms with E-state index in [4.69, 9.17) is 4.74 Å². The number of aromatic nitrogens is 1. The Hall–Kier alpha value is -2.70. The normalized spacial score (nSPS) is 11.8. The van der Waals surface area contributed by atoms with Crippen LogP contribution in [0.25, 0.3) is 0 Å². The number of methoxy groups -OCH3 is 1. The van der Waals surface area contributed by atoms with Crippen molar-refractivity contribution in [1.82, 2.24) is 4.98 Å². The first-order valence-corrected chi connectivity index (χ1v) is 6.21. The molecule has 0 saturated carbocycles. The summed E-state index contributed by atoms with van der Waals surface area (Å²) in [5.41, 5.74) is 0.636. The maximum Gasteiger partial charge on any atom is 0.287 e. The Morgan fingerprint density at radius 1 is 1.38 bits per heavy atom. The first-order valence-electron chi connectivity index (χ1n) is 6.21. The van der Waals surface area contributed by atoms with Crippen molar-refractivity contribution < 1.29 is 14.1 Å². The van der Waals surface area contributed by atoms with Crippen molar-refractivity contribution in [3.63, 3.8) is 0 Å². The van der Waals surface area contributed by atoms with Gasteiger partial charge in [0.1, 0.15) is 12.0 Å². The summed E-state index contributed by atoms with van der Waals surface area (Å²) < 4.78 is 18.5. The van der Waals surface area contributed by atoms with Crippen molar-refractivity contribution in [2.45, 2.75) is 13.0 Å². The van der Waals surface area contributed by atoms with E-state index in [0.29, 0.717) is 11.4 Å². The van der Waals surface area contributed by atoms with Crippen LogP contribution >= 0.6 is 0 Å². The van der Waals surface area contributed by atoms with Gasteiger partial charge in [0.15, 0.2) is 11.6 Å². The highest BCUT2D eigenvalue weighted by atomic mass is 19.1. The number of nitrogens with zero attached hydrogens (tertiary/aromatic N) is 2. The predicted molar refractivity (Wildman–Crippen MR) is 75.9 cm³/mol. The Morgan fingerprint density at radius 3 is 2.67 bits per heavy atom. The molecule has 110 valence electrons. The van der Waals surface area contributed by atoms with Crippen molar-refractivity contribution in [3.05, 3.63) is 58.0 Å². The smallest absolute Gasteiger partial charge is 0.287 e. The van der Waals surface area contributed by atoms with Crippen LogP contribution in [0.15, 0.2) is 36.5 Å². The molecule has 21 heavy (non-hydrogen) atoms. The third-order valence-electron chi connectivity index (χ3n) is 3.00. The van der Waals surface area contributed by atoms with Crippen LogP contribution in [0.3, 0.4) is 0 Å². The van der Waals surface area contributed by atoms with Crippen LogP contribution in [0.2, 0.25) is 0 Å². The zero-order valence-corrected chi connectivity index (χ0v) is 11.5. The second-order valence-corrected chi connectivity index (χ2v) is 4.42. The van der Waals surface area contributed by atoms with Gasteiger partial charge in [-0.2, -0.15) is 0 Å². The number of hydrogen-bond acceptors (Lipinski definition) is 5. The molecule has 0 spiro atoms. The molecule has 0 aliphatic rings. The summed E-state index contributed by atoms with van der Waals surface area (Å²) in [7, 11) is 1.40. The Kier molecular flexibility index (Phi) is 4.32. The molecule has 1 aromatic carbocycles. The molecule has 7 heteroatoms. The molecule has 1 aromatic heterocycles. The van der Waals surface area contributed by atoms with E-state index in [9.17, 15) is 14.5 Å². The minimum absolute atomic E-state index is 0.0799. The summed E-state index contributed by atoms with van der Waals surface area (Å²) in [5, 5.41) is 13.6. The molecule has 0 fully saturated rings. The van der Waals surface area contributed by atoms with Crippen LogP contribution in [0.5, 0.6) is 5.75 Å². The molecular weight excluding hydrogens is 277 g/mol. The molecule has 1 heterocycles. The fourth-order valence-corrected chi connectivity index (χ4v) is 1.84. The molecule has 1 unspecified atom stereocenters. The molecule has 1 atom stereocenters. The second kappa shape index (κ2) is 6.17. The van der Waals surface area contributed by atoms with Crippen LogP contribution in [-0.2, 0) is 0 Å². The van der Waals surface area contributed by atoms with Crippen molar-refractivity contribution in [3.8, 4) is 5.75 Å². The van der Waals surface area contributed by atoms with Gasteiger partial charge in [-0.05, 0) is 30.7 Å². The summed E-state index contributed by atoms with van der Waals surface area (Å²) in [6.45, 7) is 1.84. The highest BCUT2D eigenvalue weighted by Crippen LogP contribution is 2.24. The number of nitrogens with one attached hydrogen (secondary N) is 1. The first kappa shape index (κ1) is 14.7. The van der Waals surface area contributed by atoms with Gasteiger partial charge in [0, 0.05) is 6.07 Å². The molecular formula is C14H14FN3O3. The average molecular weight is 291 g/mol. The zero-order valence-electron chi connectivity index (χ0n) is 11.5. The van der Waals surface area contributed by atoms with Gasteiger partial charge in [-0.25, -0.2) is 9.37 Å². The molecule has 0 radical (unpaired) electrons. The number of rotatable bonds is 5. The van der Waals surface area contributed by atoms with Gasteiger partial charge in [0.05, 0.1) is 18.1 Å². The minimum Gasteiger partial charge on any atom is -0.494 e. The lowest BCUT2D eigenvalue weighted by molar-refractivity contribution is -0.385. The van der Waals surface area contributed by atoms with Gasteiger partial charge in [-0.15, -0.1) is 0 Å². The summed E-state index contributed by atoms with van der Waals surface area (Å²) in [5.74, 6) is 0.212. The maximum absolute atomic E-state index is 13.6. The molecule has 0 saturated heterocycles. The van der Waals surface area contributed by atoms with E-state index in [1.165, 1.54) is 31.5 Å². The highest BCUT2D eigenvalue weighted by molar-refractivity contribution is 5.43. The van der Waals surface area contributed by atoms with Gasteiger partial charge >= 0.3 is 0 Å². The molecule has 0 aliphatic carbocycles. The Labute approximate surface area is 120 Å². The van der Waals surface area contributed by atoms with Gasteiger partial charge in [0.25, 0.3) is 5.69 Å². The van der Waals surface area contributed by atoms with E-state index in [2.05, 4.69) is 10.3 Å². The van der Waals surface area contributed by atoms with Gasteiger partial charge in [-0.1, -0.05) is 6.07 Å². The van der Waals surface area contributed by atoms with Crippen LogP contribution in [0.4, 0.5) is 15.9 Å². The Balaban J connectivity index is 2.12. The van der Waals surface area contributed by atoms with Crippen molar-refractivity contribution in [1.29, 1.82) is 0 Å². The standard InChI is InChI=1S/C14H14FN3O3/c1-9(10-3-5-13(21-2)12(15)7-10)17-14-6-4-11(8-16-14)18(19)20/h3-9H,1-2H3,(H,16,17). The van der Waals surface area contributed by atoms with Gasteiger partial charge in [-0.3, -0.25) is 10.1 Å². The molecule has 1 N–H and O–H groups in total. The second-order valence-electron chi connectivity index (χ2n) is 4.42. The van der Waals surface area contributed by atoms with E-state index in [1.54, 1.807) is 12.1 Å². The van der Waals surface area contributed by atoms with Crippen LogP contribution in [0.1, 0.15) is 18.5 Å². The first-order chi connectivity index (χ1) is 10.0. The average Bonchev–Trinajstić information content (AvgIpc) is 2.47. The topological polar surface area (TPSA) is 77.3 Å². The van der Waals surface area contributed by atoms with Crippen LogP contribution < -0.4 is 10.1 Å². The number of hydrogen-bond donors (Lipinski definition) is 1. The fourth-order valence-electron chi connectivity index (χ4n) is 1.84. The predicted octanol–water partition coefficient (Wildman–Crippen LogP) is 3.31. The SMILES string of the molecule is COc1ccc(C(C)Nc2ccc([N+](=O)[O-])cn2)cc1F. The summed E-state index contributed by atoms with van der Waals surface area (Å²) in [6, 6.07) is 7.32. The van der Waals surface area contributed by atoms with E-state index in [-0.39, 0.29) is 17.5 Å². The Morgan fingerprint density at radius 2 is 2.14 bits per heavy atom. The van der Waals surface area contributed by atoms with E-state index in [1.807, 2.05) is 6.92 Å². The van der Waals surface area contributed by atoms with E-state index < -0.39 is 10.7 Å². The molecule has 2 rings (SSSR count). The number of benzene rings is 1. The molecule has 6 nitrogen and oxygen atoms in total. The molecule has 0 aliphatic heterocycles. The lowest BCUT2D eigenvalue weighted by atomic mass is 10.1. The van der Waals surface area contributed by atoms with Crippen LogP contribution in [0, 0.1) is 15.9 Å². The van der Waals surface area contributed by atoms with Crippen molar-refractivity contribution in [2.75, 3.05) is 12.4 Å². The monoisotopic (exact) mass is 291 g/mol. The summed E-state index contributed by atoms with van der Waals surface area (Å²) in [4.78, 5) is 14.0. The summed E-state index contributed by atoms with van der Waals surface area (Å²) >= 11 is 0. The molecule has 0 bridgehead atoms. The maximum atomic E-state index is 13.6. The largest absolute Gasteiger partial charge is 0.494 e. The van der Waals surface area contributed by atoms with Gasteiger partial charge in [0.2, 0.25) is 0 Å². The fraction of sp³-hybridized carbons (Fsp3) is 0.214. The number of halogens is 1. The van der Waals surface area contributed by atoms with Crippen molar-refractivity contribution >= 4 is 11.5 Å². The molecule has 0 amide bonds. The third-order valence-corrected chi connectivity index (χ3v) is 3.00.